The van der Waals surface area contributed by atoms with Crippen LogP contribution in [-0.4, -0.2) is 19.6 Å². The summed E-state index contributed by atoms with van der Waals surface area (Å²) in [4.78, 5) is 0. The third-order valence-electron chi connectivity index (χ3n) is 2.73. The first kappa shape index (κ1) is 13.2. The average molecular weight is 220 g/mol. The quantitative estimate of drug-likeness (QED) is 0.690. The molecule has 0 spiro atoms. The highest BCUT2D eigenvalue weighted by Gasteiger charge is 1.97. The van der Waals surface area contributed by atoms with Gasteiger partial charge < -0.3 is 10.6 Å². The summed E-state index contributed by atoms with van der Waals surface area (Å²) >= 11 is 0. The molecule has 0 aliphatic carbocycles. The number of rotatable bonds is 7. The molecule has 0 amide bonds. The Morgan fingerprint density at radius 2 is 1.75 bits per heavy atom. The van der Waals surface area contributed by atoms with E-state index in [9.17, 15) is 0 Å². The van der Waals surface area contributed by atoms with Gasteiger partial charge in [-0.1, -0.05) is 30.7 Å². The number of aryl methyl sites for hydroxylation is 2. The average Bonchev–Trinajstić information content (AvgIpc) is 2.28. The molecular formula is C14H24N2. The lowest BCUT2D eigenvalue weighted by Crippen LogP contribution is -2.27. The van der Waals surface area contributed by atoms with Gasteiger partial charge in [0, 0.05) is 19.6 Å². The largest absolute Gasteiger partial charge is 0.315 e. The summed E-state index contributed by atoms with van der Waals surface area (Å²) in [6, 6.07) is 6.63. The van der Waals surface area contributed by atoms with Crippen molar-refractivity contribution in [1.82, 2.24) is 10.6 Å². The number of hydrogen-bond donors (Lipinski definition) is 2. The molecule has 2 heteroatoms. The maximum atomic E-state index is 3.47. The fourth-order valence-corrected chi connectivity index (χ4v) is 1.69. The second-order valence-electron chi connectivity index (χ2n) is 4.36. The first-order valence-corrected chi connectivity index (χ1v) is 6.21. The van der Waals surface area contributed by atoms with E-state index in [4.69, 9.17) is 0 Å². The zero-order chi connectivity index (χ0) is 11.8. The Morgan fingerprint density at radius 1 is 1.00 bits per heavy atom. The molecular weight excluding hydrogens is 196 g/mol. The highest BCUT2D eigenvalue weighted by Crippen LogP contribution is 2.09. The standard InChI is InChI=1S/C14H24N2/c1-4-7-15-8-9-16-11-14-10-12(2)5-6-13(14)3/h5-6,10,15-16H,4,7-9,11H2,1-3H3. The first-order chi connectivity index (χ1) is 7.74. The van der Waals surface area contributed by atoms with Gasteiger partial charge in [-0.15, -0.1) is 0 Å². The Balaban J connectivity index is 2.23. The number of hydrogen-bond acceptors (Lipinski definition) is 2. The van der Waals surface area contributed by atoms with E-state index < -0.39 is 0 Å². The van der Waals surface area contributed by atoms with Crippen LogP contribution in [0.1, 0.15) is 30.0 Å². The fourth-order valence-electron chi connectivity index (χ4n) is 1.69. The smallest absolute Gasteiger partial charge is 0.0208 e. The molecule has 0 aliphatic heterocycles. The molecule has 0 bridgehead atoms. The van der Waals surface area contributed by atoms with Crippen LogP contribution in [0.2, 0.25) is 0 Å². The maximum Gasteiger partial charge on any atom is 0.0208 e. The second-order valence-corrected chi connectivity index (χ2v) is 4.36. The molecule has 0 saturated carbocycles. The van der Waals surface area contributed by atoms with E-state index in [-0.39, 0.29) is 0 Å². The summed E-state index contributed by atoms with van der Waals surface area (Å²) in [5.41, 5.74) is 4.13. The van der Waals surface area contributed by atoms with Gasteiger partial charge in [0.15, 0.2) is 0 Å². The minimum absolute atomic E-state index is 0.974. The van der Waals surface area contributed by atoms with Crippen molar-refractivity contribution in [2.24, 2.45) is 0 Å². The van der Waals surface area contributed by atoms with Crippen LogP contribution >= 0.6 is 0 Å². The van der Waals surface area contributed by atoms with Gasteiger partial charge >= 0.3 is 0 Å². The van der Waals surface area contributed by atoms with Gasteiger partial charge in [-0.2, -0.15) is 0 Å². The molecule has 0 aliphatic rings. The van der Waals surface area contributed by atoms with Gasteiger partial charge in [-0.05, 0) is 37.9 Å². The molecule has 1 aromatic rings. The third-order valence-corrected chi connectivity index (χ3v) is 2.73. The Hall–Kier alpha value is -0.860. The van der Waals surface area contributed by atoms with E-state index in [0.29, 0.717) is 0 Å². The van der Waals surface area contributed by atoms with Crippen molar-refractivity contribution in [2.75, 3.05) is 19.6 Å². The van der Waals surface area contributed by atoms with Gasteiger partial charge in [0.25, 0.3) is 0 Å². The summed E-state index contributed by atoms with van der Waals surface area (Å²) in [7, 11) is 0. The van der Waals surface area contributed by atoms with Crippen LogP contribution in [0, 0.1) is 13.8 Å². The Morgan fingerprint density at radius 3 is 2.50 bits per heavy atom. The summed E-state index contributed by atoms with van der Waals surface area (Å²) in [5, 5.41) is 6.85. The van der Waals surface area contributed by atoms with Gasteiger partial charge in [0.2, 0.25) is 0 Å². The van der Waals surface area contributed by atoms with Crippen molar-refractivity contribution in [1.29, 1.82) is 0 Å². The van der Waals surface area contributed by atoms with E-state index >= 15 is 0 Å². The van der Waals surface area contributed by atoms with Crippen LogP contribution in [-0.2, 0) is 6.54 Å². The van der Waals surface area contributed by atoms with Gasteiger partial charge in [-0.25, -0.2) is 0 Å². The van der Waals surface area contributed by atoms with Gasteiger partial charge in [0.05, 0.1) is 0 Å². The lowest BCUT2D eigenvalue weighted by molar-refractivity contribution is 0.606. The van der Waals surface area contributed by atoms with Crippen molar-refractivity contribution in [2.45, 2.75) is 33.7 Å². The summed E-state index contributed by atoms with van der Waals surface area (Å²) in [6.45, 7) is 10.7. The van der Waals surface area contributed by atoms with E-state index in [1.807, 2.05) is 0 Å². The molecule has 0 atom stereocenters. The Kier molecular flexibility index (Phi) is 6.12. The topological polar surface area (TPSA) is 24.1 Å². The monoisotopic (exact) mass is 220 g/mol. The van der Waals surface area contributed by atoms with Crippen molar-refractivity contribution in [3.05, 3.63) is 34.9 Å². The molecule has 0 fully saturated rings. The molecule has 2 N–H and O–H groups in total. The molecule has 1 aromatic carbocycles. The minimum atomic E-state index is 0.974. The van der Waals surface area contributed by atoms with Crippen LogP contribution in [0.4, 0.5) is 0 Å². The van der Waals surface area contributed by atoms with Crippen LogP contribution in [0.25, 0.3) is 0 Å². The highest BCUT2D eigenvalue weighted by atomic mass is 14.9. The van der Waals surface area contributed by atoms with Crippen LogP contribution in [0.15, 0.2) is 18.2 Å². The van der Waals surface area contributed by atoms with Gasteiger partial charge in [-0.3, -0.25) is 0 Å². The molecule has 2 nitrogen and oxygen atoms in total. The molecule has 90 valence electrons. The van der Waals surface area contributed by atoms with E-state index in [1.54, 1.807) is 0 Å². The second kappa shape index (κ2) is 7.42. The molecule has 0 aromatic heterocycles. The predicted molar refractivity (Wildman–Crippen MR) is 70.8 cm³/mol. The number of nitrogens with one attached hydrogen (secondary N) is 2. The lowest BCUT2D eigenvalue weighted by Gasteiger charge is -2.09. The maximum absolute atomic E-state index is 3.47. The van der Waals surface area contributed by atoms with Crippen LogP contribution in [0.3, 0.4) is 0 Å². The minimum Gasteiger partial charge on any atom is -0.315 e. The van der Waals surface area contributed by atoms with E-state index in [2.05, 4.69) is 49.6 Å². The molecule has 0 radical (unpaired) electrons. The van der Waals surface area contributed by atoms with Crippen molar-refractivity contribution in [3.8, 4) is 0 Å². The van der Waals surface area contributed by atoms with Crippen LogP contribution in [0.5, 0.6) is 0 Å². The molecule has 0 saturated heterocycles. The molecule has 1 rings (SSSR count). The van der Waals surface area contributed by atoms with Crippen molar-refractivity contribution >= 4 is 0 Å². The van der Waals surface area contributed by atoms with Crippen LogP contribution < -0.4 is 10.6 Å². The summed E-state index contributed by atoms with van der Waals surface area (Å²) < 4.78 is 0. The first-order valence-electron chi connectivity index (χ1n) is 6.21. The molecule has 16 heavy (non-hydrogen) atoms. The van der Waals surface area contributed by atoms with Crippen molar-refractivity contribution in [3.63, 3.8) is 0 Å². The fraction of sp³-hybridized carbons (Fsp3) is 0.571. The third kappa shape index (κ3) is 4.77. The number of benzene rings is 1. The summed E-state index contributed by atoms with van der Waals surface area (Å²) in [6.07, 6.45) is 1.21. The molecule has 0 unspecified atom stereocenters. The van der Waals surface area contributed by atoms with Crippen molar-refractivity contribution < 1.29 is 0 Å². The normalized spacial score (nSPS) is 10.7. The predicted octanol–water partition coefficient (Wildman–Crippen LogP) is 2.39. The van der Waals surface area contributed by atoms with Gasteiger partial charge in [0.1, 0.15) is 0 Å². The van der Waals surface area contributed by atoms with E-state index in [1.165, 1.54) is 23.1 Å². The molecule has 0 heterocycles. The Labute approximate surface area is 99.5 Å². The highest BCUT2D eigenvalue weighted by molar-refractivity contribution is 5.30. The zero-order valence-electron chi connectivity index (χ0n) is 10.8. The SMILES string of the molecule is CCCNCCNCc1cc(C)ccc1C. The summed E-state index contributed by atoms with van der Waals surface area (Å²) in [5.74, 6) is 0. The Bertz CT molecular complexity index is 308. The lowest BCUT2D eigenvalue weighted by atomic mass is 10.1. The van der Waals surface area contributed by atoms with E-state index in [0.717, 1.165) is 26.2 Å². The zero-order valence-corrected chi connectivity index (χ0v) is 10.8.